The number of amides is 1. The van der Waals surface area contributed by atoms with Gasteiger partial charge in [-0.15, -0.1) is 0 Å². The van der Waals surface area contributed by atoms with Gasteiger partial charge in [-0.05, 0) is 38.7 Å². The third kappa shape index (κ3) is 4.34. The van der Waals surface area contributed by atoms with E-state index in [1.165, 1.54) is 0 Å². The van der Waals surface area contributed by atoms with Crippen molar-refractivity contribution in [3.63, 3.8) is 0 Å². The van der Waals surface area contributed by atoms with Crippen molar-refractivity contribution in [1.82, 2.24) is 10.3 Å². The minimum Gasteiger partial charge on any atom is -0.356 e. The highest BCUT2D eigenvalue weighted by Crippen LogP contribution is 2.29. The number of anilines is 1. The maximum absolute atomic E-state index is 12.5. The van der Waals surface area contributed by atoms with Gasteiger partial charge in [0.25, 0.3) is 5.91 Å². The van der Waals surface area contributed by atoms with Gasteiger partial charge < -0.3 is 10.2 Å². The molecule has 2 atom stereocenters. The van der Waals surface area contributed by atoms with E-state index in [9.17, 15) is 4.79 Å². The second kappa shape index (κ2) is 8.70. The number of carbonyl (C=O) groups is 1. The lowest BCUT2D eigenvalue weighted by atomic mass is 9.98. The number of hydrogen-bond donors (Lipinski definition) is 1. The number of nitrogens with zero attached hydrogens (tertiary/aromatic N) is 2. The molecule has 0 saturated carbocycles. The third-order valence-electron chi connectivity index (χ3n) is 4.55. The fourth-order valence-corrected chi connectivity index (χ4v) is 2.42. The van der Waals surface area contributed by atoms with Crippen molar-refractivity contribution in [2.45, 2.75) is 59.4 Å². The Morgan fingerprint density at radius 2 is 2.00 bits per heavy atom. The van der Waals surface area contributed by atoms with Gasteiger partial charge in [-0.2, -0.15) is 0 Å². The van der Waals surface area contributed by atoms with Crippen molar-refractivity contribution in [3.8, 4) is 0 Å². The second-order valence-electron chi connectivity index (χ2n) is 6.07. The van der Waals surface area contributed by atoms with Gasteiger partial charge in [-0.3, -0.25) is 4.79 Å². The van der Waals surface area contributed by atoms with E-state index in [4.69, 9.17) is 4.98 Å². The first-order chi connectivity index (χ1) is 10.9. The molecule has 128 valence electrons. The van der Waals surface area contributed by atoms with E-state index in [-0.39, 0.29) is 5.91 Å². The first kappa shape index (κ1) is 19.2. The molecule has 4 heteroatoms. The molecule has 23 heavy (non-hydrogen) atoms. The van der Waals surface area contributed by atoms with Crippen molar-refractivity contribution in [2.75, 3.05) is 18.5 Å². The number of hydrogen-bond acceptors (Lipinski definition) is 3. The molecular weight excluding hydrogens is 286 g/mol. The first-order valence-electron chi connectivity index (χ1n) is 8.59. The normalized spacial score (nSPS) is 13.3. The summed E-state index contributed by atoms with van der Waals surface area (Å²) in [5.41, 5.74) is 2.44. The lowest BCUT2D eigenvalue weighted by molar-refractivity contribution is 0.0955. The van der Waals surface area contributed by atoms with Crippen LogP contribution in [0.3, 0.4) is 0 Å². The predicted octanol–water partition coefficient (Wildman–Crippen LogP) is 4.22. The molecule has 0 bridgehead atoms. The van der Waals surface area contributed by atoms with Gasteiger partial charge in [-0.25, -0.2) is 4.98 Å². The quantitative estimate of drug-likeness (QED) is 0.780. The van der Waals surface area contributed by atoms with Gasteiger partial charge in [0.15, 0.2) is 0 Å². The minimum atomic E-state index is -0.0619. The van der Waals surface area contributed by atoms with E-state index in [2.05, 4.69) is 44.5 Å². The first-order valence-corrected chi connectivity index (χ1v) is 8.59. The van der Waals surface area contributed by atoms with E-state index in [1.807, 2.05) is 20.0 Å². The maximum Gasteiger partial charge on any atom is 0.252 e. The monoisotopic (exact) mass is 317 g/mol. The van der Waals surface area contributed by atoms with Gasteiger partial charge in [0.1, 0.15) is 5.82 Å². The fraction of sp³-hybridized carbons (Fsp3) is 0.579. The van der Waals surface area contributed by atoms with Crippen LogP contribution in [0, 0.1) is 0 Å². The van der Waals surface area contributed by atoms with E-state index in [1.54, 1.807) is 6.08 Å². The van der Waals surface area contributed by atoms with E-state index < -0.39 is 0 Å². The van der Waals surface area contributed by atoms with Crippen molar-refractivity contribution in [1.29, 1.82) is 0 Å². The van der Waals surface area contributed by atoms with Crippen molar-refractivity contribution >= 4 is 17.8 Å². The van der Waals surface area contributed by atoms with Crippen LogP contribution in [0.1, 0.15) is 75.0 Å². The molecule has 0 aliphatic heterocycles. The van der Waals surface area contributed by atoms with Crippen LogP contribution in [-0.2, 0) is 0 Å². The average molecular weight is 317 g/mol. The molecule has 1 heterocycles. The number of rotatable bonds is 8. The van der Waals surface area contributed by atoms with Crippen LogP contribution in [0.4, 0.5) is 5.82 Å². The van der Waals surface area contributed by atoms with E-state index in [0.29, 0.717) is 24.1 Å². The lowest BCUT2D eigenvalue weighted by Crippen LogP contribution is -2.31. The van der Waals surface area contributed by atoms with E-state index >= 15 is 0 Å². The smallest absolute Gasteiger partial charge is 0.252 e. The number of aromatic nitrogens is 1. The van der Waals surface area contributed by atoms with Crippen molar-refractivity contribution < 1.29 is 4.79 Å². The van der Waals surface area contributed by atoms with Crippen LogP contribution in [0.5, 0.6) is 0 Å². The molecule has 2 unspecified atom stereocenters. The third-order valence-corrected chi connectivity index (χ3v) is 4.55. The molecule has 1 aromatic rings. The molecule has 1 rings (SSSR count). The summed E-state index contributed by atoms with van der Waals surface area (Å²) in [5.74, 6) is 1.09. The van der Waals surface area contributed by atoms with Crippen LogP contribution >= 0.6 is 0 Å². The Morgan fingerprint density at radius 3 is 2.48 bits per heavy atom. The molecule has 0 aliphatic rings. The highest BCUT2D eigenvalue weighted by Gasteiger charge is 2.21. The number of carbonyl (C=O) groups excluding carboxylic acids is 1. The van der Waals surface area contributed by atoms with E-state index in [0.717, 1.165) is 29.9 Å². The molecule has 1 amide bonds. The molecule has 0 aromatic carbocycles. The molecular formula is C19H31N3O. The average Bonchev–Trinajstić information content (AvgIpc) is 2.58. The molecule has 0 aliphatic carbocycles. The van der Waals surface area contributed by atoms with Gasteiger partial charge in [0.05, 0.1) is 5.56 Å². The maximum atomic E-state index is 12.5. The molecule has 0 saturated heterocycles. The minimum absolute atomic E-state index is 0.0619. The van der Waals surface area contributed by atoms with Crippen molar-refractivity contribution in [2.24, 2.45) is 0 Å². The number of nitrogens with one attached hydrogen (secondary N) is 1. The summed E-state index contributed by atoms with van der Waals surface area (Å²) in [7, 11) is 2.03. The summed E-state index contributed by atoms with van der Waals surface area (Å²) in [4.78, 5) is 19.5. The summed E-state index contributed by atoms with van der Waals surface area (Å²) in [6, 6.07) is 2.26. The van der Waals surface area contributed by atoms with Crippen LogP contribution in [0.2, 0.25) is 0 Å². The van der Waals surface area contributed by atoms with Crippen LogP contribution in [0.25, 0.3) is 6.08 Å². The zero-order valence-corrected chi connectivity index (χ0v) is 15.4. The van der Waals surface area contributed by atoms with Crippen LogP contribution < -0.4 is 10.2 Å². The highest BCUT2D eigenvalue weighted by atomic mass is 16.1. The van der Waals surface area contributed by atoms with Crippen molar-refractivity contribution in [3.05, 3.63) is 29.5 Å². The Morgan fingerprint density at radius 1 is 1.35 bits per heavy atom. The lowest BCUT2D eigenvalue weighted by Gasteiger charge is -2.28. The summed E-state index contributed by atoms with van der Waals surface area (Å²) in [6.45, 7) is 15.0. The van der Waals surface area contributed by atoms with Gasteiger partial charge in [0.2, 0.25) is 0 Å². The summed E-state index contributed by atoms with van der Waals surface area (Å²) in [6.07, 6.45) is 3.74. The number of pyridine rings is 1. The molecule has 1 N–H and O–H groups in total. The van der Waals surface area contributed by atoms with Gasteiger partial charge in [0, 0.05) is 30.9 Å². The standard InChI is InChI=1S/C19H31N3O/c1-8-13(5)17-12-16(19(23)20-11-4)15(10-3)18(21-17)22(7)14(6)9-2/h10,12-14H,3,8-9,11H2,1-2,4-7H3,(H,20,23). The molecule has 4 nitrogen and oxygen atoms in total. The predicted molar refractivity (Wildman–Crippen MR) is 99.2 cm³/mol. The zero-order valence-electron chi connectivity index (χ0n) is 15.4. The topological polar surface area (TPSA) is 45.2 Å². The Hall–Kier alpha value is -1.84. The van der Waals surface area contributed by atoms with Crippen LogP contribution in [-0.4, -0.2) is 30.5 Å². The molecule has 0 fully saturated rings. The summed E-state index contributed by atoms with van der Waals surface area (Å²) < 4.78 is 0. The van der Waals surface area contributed by atoms with Gasteiger partial charge in [-0.1, -0.05) is 33.4 Å². The van der Waals surface area contributed by atoms with Crippen LogP contribution in [0.15, 0.2) is 12.6 Å². The molecule has 1 aromatic heterocycles. The SMILES string of the molecule is C=Cc1c(C(=O)NCC)cc(C(C)CC)nc1N(C)C(C)CC. The summed E-state index contributed by atoms with van der Waals surface area (Å²) in [5, 5.41) is 2.90. The second-order valence-corrected chi connectivity index (χ2v) is 6.07. The largest absolute Gasteiger partial charge is 0.356 e. The highest BCUT2D eigenvalue weighted by molar-refractivity contribution is 5.99. The Labute approximate surface area is 141 Å². The summed E-state index contributed by atoms with van der Waals surface area (Å²) >= 11 is 0. The molecule has 0 radical (unpaired) electrons. The Balaban J connectivity index is 3.55. The molecule has 0 spiro atoms. The fourth-order valence-electron chi connectivity index (χ4n) is 2.42. The van der Waals surface area contributed by atoms with Gasteiger partial charge >= 0.3 is 0 Å². The zero-order chi connectivity index (χ0) is 17.6. The Bertz CT molecular complexity index is 554. The Kier molecular flexibility index (Phi) is 7.27.